The normalized spacial score (nSPS) is 16.1. The minimum absolute atomic E-state index is 0.0501. The molecule has 0 saturated carbocycles. The molecule has 7 heteroatoms. The van der Waals surface area contributed by atoms with E-state index in [1.165, 1.54) is 0 Å². The summed E-state index contributed by atoms with van der Waals surface area (Å²) in [7, 11) is 0. The summed E-state index contributed by atoms with van der Waals surface area (Å²) < 4.78 is 5.50. The molecule has 0 aliphatic carbocycles. The van der Waals surface area contributed by atoms with Gasteiger partial charge in [-0.2, -0.15) is 0 Å². The Morgan fingerprint density at radius 1 is 1.21 bits per heavy atom. The maximum absolute atomic E-state index is 13.2. The maximum atomic E-state index is 13.2. The molecular formula is C22H25N3O3S. The molecule has 0 spiro atoms. The molecule has 29 heavy (non-hydrogen) atoms. The third-order valence-electron chi connectivity index (χ3n) is 4.76. The Morgan fingerprint density at radius 3 is 2.66 bits per heavy atom. The van der Waals surface area contributed by atoms with Gasteiger partial charge in [-0.3, -0.25) is 4.79 Å². The third kappa shape index (κ3) is 4.51. The summed E-state index contributed by atoms with van der Waals surface area (Å²) in [5, 5.41) is 19.6. The lowest BCUT2D eigenvalue weighted by molar-refractivity contribution is -0.113. The van der Waals surface area contributed by atoms with Crippen LogP contribution in [-0.2, 0) is 4.79 Å². The molecule has 152 valence electrons. The van der Waals surface area contributed by atoms with E-state index < -0.39 is 6.04 Å². The number of carbonyl (C=O) groups excluding carboxylic acids is 1. The number of aryl methyl sites for hydroxylation is 2. The van der Waals surface area contributed by atoms with Gasteiger partial charge in [-0.1, -0.05) is 23.8 Å². The predicted octanol–water partition coefficient (Wildman–Crippen LogP) is 3.84. The topological polar surface area (TPSA) is 82.6 Å². The van der Waals surface area contributed by atoms with Gasteiger partial charge in [-0.05, 0) is 69.2 Å². The largest absolute Gasteiger partial charge is 0.504 e. The van der Waals surface area contributed by atoms with E-state index in [1.54, 1.807) is 18.2 Å². The van der Waals surface area contributed by atoms with Crippen molar-refractivity contribution in [2.45, 2.75) is 33.7 Å². The second-order valence-electron chi connectivity index (χ2n) is 7.00. The molecule has 1 aliphatic heterocycles. The van der Waals surface area contributed by atoms with Gasteiger partial charge in [-0.25, -0.2) is 0 Å². The minimum atomic E-state index is -0.477. The van der Waals surface area contributed by atoms with E-state index in [-0.39, 0.29) is 11.7 Å². The highest BCUT2D eigenvalue weighted by Crippen LogP contribution is 2.34. The third-order valence-corrected chi connectivity index (χ3v) is 4.98. The van der Waals surface area contributed by atoms with Crippen LogP contribution >= 0.6 is 12.2 Å². The van der Waals surface area contributed by atoms with E-state index in [2.05, 4.69) is 16.0 Å². The number of hydrogen-bond donors (Lipinski definition) is 4. The second-order valence-corrected chi connectivity index (χ2v) is 7.41. The summed E-state index contributed by atoms with van der Waals surface area (Å²) in [5.41, 5.74) is 4.84. The lowest BCUT2D eigenvalue weighted by Crippen LogP contribution is -2.45. The van der Waals surface area contributed by atoms with E-state index in [0.717, 1.165) is 22.4 Å². The molecule has 1 unspecified atom stereocenters. The maximum Gasteiger partial charge on any atom is 0.255 e. The Morgan fingerprint density at radius 2 is 1.97 bits per heavy atom. The van der Waals surface area contributed by atoms with Crippen molar-refractivity contribution in [3.05, 3.63) is 64.4 Å². The number of thiocarbonyl (C=S) groups is 1. The monoisotopic (exact) mass is 411 g/mol. The molecule has 0 aromatic heterocycles. The van der Waals surface area contributed by atoms with Crippen LogP contribution in [-0.4, -0.2) is 22.7 Å². The number of allylic oxidation sites excluding steroid dienone is 1. The van der Waals surface area contributed by atoms with Crippen LogP contribution in [0.3, 0.4) is 0 Å². The van der Waals surface area contributed by atoms with Crippen LogP contribution in [0.25, 0.3) is 0 Å². The SMILES string of the molecule is CCOc1cc(C2NC(=S)NC(C)=C2C(=O)Nc2ccc(C)cc2C)ccc1O. The molecule has 0 radical (unpaired) electrons. The van der Waals surface area contributed by atoms with Crippen LogP contribution < -0.4 is 20.7 Å². The summed E-state index contributed by atoms with van der Waals surface area (Å²) in [5.74, 6) is 0.185. The van der Waals surface area contributed by atoms with Crippen LogP contribution in [0.2, 0.25) is 0 Å². The highest BCUT2D eigenvalue weighted by molar-refractivity contribution is 7.80. The van der Waals surface area contributed by atoms with Crippen LogP contribution in [0.15, 0.2) is 47.7 Å². The molecule has 2 aromatic rings. The zero-order valence-corrected chi connectivity index (χ0v) is 17.7. The molecule has 1 atom stereocenters. The average Bonchev–Trinajstić information content (AvgIpc) is 2.65. The lowest BCUT2D eigenvalue weighted by atomic mass is 9.94. The Labute approximate surface area is 176 Å². The molecular weight excluding hydrogens is 386 g/mol. The van der Waals surface area contributed by atoms with Gasteiger partial charge in [0.15, 0.2) is 16.6 Å². The number of anilines is 1. The number of phenols is 1. The van der Waals surface area contributed by atoms with Crippen LogP contribution in [0.1, 0.15) is 36.6 Å². The number of ether oxygens (including phenoxy) is 1. The summed E-state index contributed by atoms with van der Waals surface area (Å²) in [4.78, 5) is 13.2. The van der Waals surface area contributed by atoms with Gasteiger partial charge in [-0.15, -0.1) is 0 Å². The highest BCUT2D eigenvalue weighted by atomic mass is 32.1. The zero-order valence-electron chi connectivity index (χ0n) is 16.9. The van der Waals surface area contributed by atoms with E-state index >= 15 is 0 Å². The first kappa shape index (κ1) is 20.7. The molecule has 4 N–H and O–H groups in total. The van der Waals surface area contributed by atoms with Crippen molar-refractivity contribution in [2.24, 2.45) is 0 Å². The van der Waals surface area contributed by atoms with Crippen LogP contribution in [0.5, 0.6) is 11.5 Å². The number of benzene rings is 2. The standard InChI is InChI=1S/C22H25N3O3S/c1-5-28-18-11-15(7-9-17(18)26)20-19(14(4)23-22(29)25-20)21(27)24-16-8-6-12(2)10-13(16)3/h6-11,20,26H,5H2,1-4H3,(H,24,27)(H2,23,25,29). The molecule has 6 nitrogen and oxygen atoms in total. The molecule has 0 fully saturated rings. The second kappa shape index (κ2) is 8.53. The number of aromatic hydroxyl groups is 1. The predicted molar refractivity (Wildman–Crippen MR) is 118 cm³/mol. The number of amides is 1. The van der Waals surface area contributed by atoms with Gasteiger partial charge in [0.1, 0.15) is 0 Å². The fraction of sp³-hybridized carbons (Fsp3) is 0.273. The average molecular weight is 412 g/mol. The molecule has 0 bridgehead atoms. The molecule has 0 saturated heterocycles. The van der Waals surface area contributed by atoms with Crippen molar-refractivity contribution in [3.63, 3.8) is 0 Å². The summed E-state index contributed by atoms with van der Waals surface area (Å²) >= 11 is 5.31. The van der Waals surface area contributed by atoms with E-state index in [1.807, 2.05) is 45.9 Å². The molecule has 2 aromatic carbocycles. The van der Waals surface area contributed by atoms with Gasteiger partial charge >= 0.3 is 0 Å². The molecule has 1 aliphatic rings. The first-order chi connectivity index (χ1) is 13.8. The number of hydrogen-bond acceptors (Lipinski definition) is 4. The van der Waals surface area contributed by atoms with E-state index in [4.69, 9.17) is 17.0 Å². The summed E-state index contributed by atoms with van der Waals surface area (Å²) in [6.45, 7) is 8.06. The Hall–Kier alpha value is -3.06. The van der Waals surface area contributed by atoms with Gasteiger partial charge in [0.05, 0.1) is 18.2 Å². The van der Waals surface area contributed by atoms with Crippen molar-refractivity contribution >= 4 is 28.9 Å². The first-order valence-corrected chi connectivity index (χ1v) is 9.83. The number of phenolic OH excluding ortho intramolecular Hbond substituents is 1. The molecule has 3 rings (SSSR count). The van der Waals surface area contributed by atoms with Gasteiger partial charge < -0.3 is 25.8 Å². The number of carbonyl (C=O) groups is 1. The van der Waals surface area contributed by atoms with Gasteiger partial charge in [0.25, 0.3) is 5.91 Å². The highest BCUT2D eigenvalue weighted by Gasteiger charge is 2.30. The smallest absolute Gasteiger partial charge is 0.255 e. The number of rotatable bonds is 5. The first-order valence-electron chi connectivity index (χ1n) is 9.42. The number of nitrogens with one attached hydrogen (secondary N) is 3. The Bertz CT molecular complexity index is 1000. The quantitative estimate of drug-likeness (QED) is 0.560. The van der Waals surface area contributed by atoms with Crippen molar-refractivity contribution < 1.29 is 14.6 Å². The fourth-order valence-corrected chi connectivity index (χ4v) is 3.64. The molecule has 1 amide bonds. The fourth-order valence-electron chi connectivity index (χ4n) is 3.37. The summed E-state index contributed by atoms with van der Waals surface area (Å²) in [6.07, 6.45) is 0. The lowest BCUT2D eigenvalue weighted by Gasteiger charge is -2.30. The van der Waals surface area contributed by atoms with Crippen LogP contribution in [0, 0.1) is 13.8 Å². The minimum Gasteiger partial charge on any atom is -0.504 e. The van der Waals surface area contributed by atoms with Crippen molar-refractivity contribution in [1.29, 1.82) is 0 Å². The molecule has 1 heterocycles. The Kier molecular flexibility index (Phi) is 6.08. The Balaban J connectivity index is 1.98. The van der Waals surface area contributed by atoms with Gasteiger partial charge in [0.2, 0.25) is 0 Å². The summed E-state index contributed by atoms with van der Waals surface area (Å²) in [6, 6.07) is 10.4. The van der Waals surface area contributed by atoms with Crippen molar-refractivity contribution in [1.82, 2.24) is 10.6 Å². The van der Waals surface area contributed by atoms with Crippen molar-refractivity contribution in [2.75, 3.05) is 11.9 Å². The van der Waals surface area contributed by atoms with E-state index in [0.29, 0.717) is 28.7 Å². The van der Waals surface area contributed by atoms with Crippen molar-refractivity contribution in [3.8, 4) is 11.5 Å². The van der Waals surface area contributed by atoms with Crippen LogP contribution in [0.4, 0.5) is 5.69 Å². The van der Waals surface area contributed by atoms with E-state index in [9.17, 15) is 9.90 Å². The zero-order chi connectivity index (χ0) is 21.1. The van der Waals surface area contributed by atoms with Gasteiger partial charge in [0, 0.05) is 11.4 Å².